The summed E-state index contributed by atoms with van der Waals surface area (Å²) in [5, 5.41) is 3.15. The van der Waals surface area contributed by atoms with Crippen molar-refractivity contribution in [1.29, 1.82) is 0 Å². The lowest BCUT2D eigenvalue weighted by atomic mass is 9.73. The van der Waals surface area contributed by atoms with Crippen LogP contribution in [0.3, 0.4) is 0 Å². The molecule has 1 aromatic heterocycles. The molecule has 2 heterocycles. The first-order chi connectivity index (χ1) is 12.3. The van der Waals surface area contributed by atoms with Gasteiger partial charge in [-0.05, 0) is 30.5 Å². The average Bonchev–Trinajstić information content (AvgIpc) is 2.67. The molecule has 1 N–H and O–H groups in total. The Bertz CT molecular complexity index is 562. The molecule has 1 saturated carbocycles. The van der Waals surface area contributed by atoms with Gasteiger partial charge in [0.05, 0.1) is 13.2 Å². The molecule has 1 amide bonds. The van der Waals surface area contributed by atoms with E-state index >= 15 is 0 Å². The van der Waals surface area contributed by atoms with Crippen LogP contribution in [0.25, 0.3) is 6.08 Å². The zero-order chi connectivity index (χ0) is 17.4. The lowest BCUT2D eigenvalue weighted by Gasteiger charge is -2.42. The van der Waals surface area contributed by atoms with Crippen LogP contribution in [-0.4, -0.2) is 55.2 Å². The zero-order valence-corrected chi connectivity index (χ0v) is 15.0. The molecule has 1 aliphatic heterocycles. The quantitative estimate of drug-likeness (QED) is 0.807. The topological polar surface area (TPSA) is 54.5 Å². The van der Waals surface area contributed by atoms with Crippen molar-refractivity contribution in [1.82, 2.24) is 15.2 Å². The van der Waals surface area contributed by atoms with Crippen molar-refractivity contribution in [2.45, 2.75) is 32.1 Å². The van der Waals surface area contributed by atoms with E-state index in [4.69, 9.17) is 4.74 Å². The smallest absolute Gasteiger partial charge is 0.244 e. The Labute approximate surface area is 150 Å². The normalized spacial score (nSPS) is 21.3. The fourth-order valence-corrected chi connectivity index (χ4v) is 3.91. The van der Waals surface area contributed by atoms with E-state index in [0.29, 0.717) is 0 Å². The summed E-state index contributed by atoms with van der Waals surface area (Å²) in [6.07, 6.45) is 13.2. The minimum absolute atomic E-state index is 0.0178. The highest BCUT2D eigenvalue weighted by molar-refractivity contribution is 5.91. The maximum absolute atomic E-state index is 12.2. The maximum Gasteiger partial charge on any atom is 0.244 e. The highest BCUT2D eigenvalue weighted by atomic mass is 16.5. The predicted molar refractivity (Wildman–Crippen MR) is 99.1 cm³/mol. The molecule has 0 spiro atoms. The predicted octanol–water partition coefficient (Wildman–Crippen LogP) is 2.49. The van der Waals surface area contributed by atoms with E-state index < -0.39 is 0 Å². The van der Waals surface area contributed by atoms with E-state index in [9.17, 15) is 4.79 Å². The van der Waals surface area contributed by atoms with Crippen LogP contribution in [0.15, 0.2) is 30.6 Å². The van der Waals surface area contributed by atoms with Crippen molar-refractivity contribution in [3.63, 3.8) is 0 Å². The second-order valence-electron chi connectivity index (χ2n) is 7.29. The molecule has 0 radical (unpaired) electrons. The van der Waals surface area contributed by atoms with Crippen LogP contribution in [0, 0.1) is 5.41 Å². The van der Waals surface area contributed by atoms with Gasteiger partial charge < -0.3 is 10.1 Å². The number of pyridine rings is 1. The minimum atomic E-state index is -0.0178. The summed E-state index contributed by atoms with van der Waals surface area (Å²) in [6, 6.07) is 3.81. The molecule has 0 bridgehead atoms. The molecule has 136 valence electrons. The average molecular weight is 343 g/mol. The van der Waals surface area contributed by atoms with E-state index in [1.165, 1.54) is 32.1 Å². The molecule has 1 aromatic rings. The molecule has 0 aromatic carbocycles. The second kappa shape index (κ2) is 9.11. The Hall–Kier alpha value is -1.72. The number of aromatic nitrogens is 1. The molecule has 0 atom stereocenters. The van der Waals surface area contributed by atoms with E-state index in [0.717, 1.165) is 45.0 Å². The fourth-order valence-electron chi connectivity index (χ4n) is 3.91. The van der Waals surface area contributed by atoms with Gasteiger partial charge in [0.2, 0.25) is 5.91 Å². The van der Waals surface area contributed by atoms with Crippen molar-refractivity contribution >= 4 is 12.0 Å². The third-order valence-electron chi connectivity index (χ3n) is 5.33. The third-order valence-corrected chi connectivity index (χ3v) is 5.33. The van der Waals surface area contributed by atoms with Gasteiger partial charge in [-0.3, -0.25) is 14.7 Å². The highest BCUT2D eigenvalue weighted by Crippen LogP contribution is 2.36. The van der Waals surface area contributed by atoms with E-state index in [1.54, 1.807) is 18.5 Å². The summed E-state index contributed by atoms with van der Waals surface area (Å²) in [5.41, 5.74) is 1.16. The van der Waals surface area contributed by atoms with Crippen molar-refractivity contribution in [3.8, 4) is 0 Å². The lowest BCUT2D eigenvalue weighted by molar-refractivity contribution is -0.117. The van der Waals surface area contributed by atoms with E-state index in [-0.39, 0.29) is 11.3 Å². The van der Waals surface area contributed by atoms with Gasteiger partial charge in [0.1, 0.15) is 0 Å². The minimum Gasteiger partial charge on any atom is -0.379 e. The van der Waals surface area contributed by atoms with Gasteiger partial charge in [-0.25, -0.2) is 0 Å². The molecule has 2 fully saturated rings. The van der Waals surface area contributed by atoms with Crippen molar-refractivity contribution < 1.29 is 9.53 Å². The van der Waals surface area contributed by atoms with Crippen LogP contribution in [0.5, 0.6) is 0 Å². The van der Waals surface area contributed by atoms with Gasteiger partial charge in [0.15, 0.2) is 0 Å². The molecule has 1 aliphatic carbocycles. The lowest BCUT2D eigenvalue weighted by Crippen LogP contribution is -2.49. The molecule has 2 aliphatic rings. The van der Waals surface area contributed by atoms with Crippen LogP contribution in [-0.2, 0) is 9.53 Å². The SMILES string of the molecule is O=C(C=Cc1cccnc1)NCC1(CN2CCOCC2)CCCCC1. The molecular weight excluding hydrogens is 314 g/mol. The van der Waals surface area contributed by atoms with Crippen molar-refractivity contribution in [2.24, 2.45) is 5.41 Å². The summed E-state index contributed by atoms with van der Waals surface area (Å²) < 4.78 is 5.47. The Morgan fingerprint density at radius 2 is 2.08 bits per heavy atom. The number of rotatable bonds is 6. The first kappa shape index (κ1) is 18.1. The Balaban J connectivity index is 1.54. The highest BCUT2D eigenvalue weighted by Gasteiger charge is 2.34. The van der Waals surface area contributed by atoms with Gasteiger partial charge in [-0.2, -0.15) is 0 Å². The fraction of sp³-hybridized carbons (Fsp3) is 0.600. The van der Waals surface area contributed by atoms with Crippen LogP contribution in [0.2, 0.25) is 0 Å². The molecule has 25 heavy (non-hydrogen) atoms. The first-order valence-corrected chi connectivity index (χ1v) is 9.42. The largest absolute Gasteiger partial charge is 0.379 e. The van der Waals surface area contributed by atoms with Gasteiger partial charge in [0.25, 0.3) is 0 Å². The number of carbonyl (C=O) groups excluding carboxylic acids is 1. The van der Waals surface area contributed by atoms with Crippen molar-refractivity contribution in [2.75, 3.05) is 39.4 Å². The van der Waals surface area contributed by atoms with E-state index in [2.05, 4.69) is 15.2 Å². The number of nitrogens with zero attached hydrogens (tertiary/aromatic N) is 2. The Kier molecular flexibility index (Phi) is 6.59. The molecule has 5 heteroatoms. The molecule has 1 saturated heterocycles. The summed E-state index contributed by atoms with van der Waals surface area (Å²) in [5.74, 6) is -0.0178. The number of hydrogen-bond donors (Lipinski definition) is 1. The number of amides is 1. The molecule has 5 nitrogen and oxygen atoms in total. The molecular formula is C20H29N3O2. The Morgan fingerprint density at radius 3 is 2.80 bits per heavy atom. The van der Waals surface area contributed by atoms with Crippen LogP contribution < -0.4 is 5.32 Å². The van der Waals surface area contributed by atoms with Gasteiger partial charge in [0, 0.05) is 50.1 Å². The number of ether oxygens (including phenoxy) is 1. The summed E-state index contributed by atoms with van der Waals surface area (Å²) in [7, 11) is 0. The zero-order valence-electron chi connectivity index (χ0n) is 15.0. The number of hydrogen-bond acceptors (Lipinski definition) is 4. The van der Waals surface area contributed by atoms with Gasteiger partial charge in [-0.1, -0.05) is 25.3 Å². The standard InChI is InChI=1S/C20H29N3O2/c24-19(7-6-18-5-4-10-21-15-18)22-16-20(8-2-1-3-9-20)17-23-11-13-25-14-12-23/h4-7,10,15H,1-3,8-9,11-14,16-17H2,(H,22,24). The van der Waals surface area contributed by atoms with Gasteiger partial charge >= 0.3 is 0 Å². The number of carbonyl (C=O) groups is 1. The number of nitrogens with one attached hydrogen (secondary N) is 1. The summed E-state index contributed by atoms with van der Waals surface area (Å²) in [4.78, 5) is 18.8. The first-order valence-electron chi connectivity index (χ1n) is 9.42. The van der Waals surface area contributed by atoms with Crippen LogP contribution in [0.4, 0.5) is 0 Å². The van der Waals surface area contributed by atoms with Crippen molar-refractivity contribution in [3.05, 3.63) is 36.2 Å². The summed E-state index contributed by atoms with van der Waals surface area (Å²) in [6.45, 7) is 5.52. The Morgan fingerprint density at radius 1 is 1.28 bits per heavy atom. The number of morpholine rings is 1. The molecule has 3 rings (SSSR count). The third kappa shape index (κ3) is 5.65. The van der Waals surface area contributed by atoms with Crippen LogP contribution in [0.1, 0.15) is 37.7 Å². The maximum atomic E-state index is 12.2. The van der Waals surface area contributed by atoms with Gasteiger partial charge in [-0.15, -0.1) is 0 Å². The monoisotopic (exact) mass is 343 g/mol. The van der Waals surface area contributed by atoms with E-state index in [1.807, 2.05) is 18.2 Å². The second-order valence-corrected chi connectivity index (χ2v) is 7.29. The molecule has 0 unspecified atom stereocenters. The summed E-state index contributed by atoms with van der Waals surface area (Å²) >= 11 is 0. The van der Waals surface area contributed by atoms with Crippen LogP contribution >= 0.6 is 0 Å².